The van der Waals surface area contributed by atoms with E-state index in [4.69, 9.17) is 9.08 Å². The van der Waals surface area contributed by atoms with E-state index >= 15 is 0 Å². The molecule has 0 saturated heterocycles. The van der Waals surface area contributed by atoms with Crippen LogP contribution in [0.3, 0.4) is 0 Å². The van der Waals surface area contributed by atoms with Gasteiger partial charge in [0.1, 0.15) is 5.75 Å². The van der Waals surface area contributed by atoms with Gasteiger partial charge in [-0.25, -0.2) is 0 Å². The van der Waals surface area contributed by atoms with Crippen LogP contribution in [0.5, 0.6) is 5.75 Å². The summed E-state index contributed by atoms with van der Waals surface area (Å²) in [4.78, 5) is 0. The first-order chi connectivity index (χ1) is 19.1. The van der Waals surface area contributed by atoms with Crippen LogP contribution in [0, 0.1) is 0 Å². The summed E-state index contributed by atoms with van der Waals surface area (Å²) < 4.78 is 13.1. The predicted octanol–water partition coefficient (Wildman–Crippen LogP) is 6.51. The molecular formula is C34H41BO4Si. The fraction of sp³-hybridized carbons (Fsp3) is 0.294. The summed E-state index contributed by atoms with van der Waals surface area (Å²) in [6.45, 7) is 13.8. The highest BCUT2D eigenvalue weighted by Crippen LogP contribution is 2.38. The predicted molar refractivity (Wildman–Crippen MR) is 169 cm³/mol. The van der Waals surface area contributed by atoms with E-state index in [0.29, 0.717) is 12.9 Å². The zero-order valence-corrected chi connectivity index (χ0v) is 25.1. The summed E-state index contributed by atoms with van der Waals surface area (Å²) in [6, 6.07) is 28.4. The number of phenols is 1. The Kier molecular flexibility index (Phi) is 9.69. The average molecular weight is 553 g/mol. The molecule has 3 aromatic rings. The summed E-state index contributed by atoms with van der Waals surface area (Å²) in [7, 11) is -3.52. The third kappa shape index (κ3) is 6.94. The summed E-state index contributed by atoms with van der Waals surface area (Å²) in [5.41, 5.74) is 4.15. The van der Waals surface area contributed by atoms with E-state index in [1.807, 2.05) is 24.3 Å². The van der Waals surface area contributed by atoms with Gasteiger partial charge in [-0.2, -0.15) is 0 Å². The van der Waals surface area contributed by atoms with Crippen LogP contribution in [0.2, 0.25) is 11.4 Å². The molecule has 4 nitrogen and oxygen atoms in total. The van der Waals surface area contributed by atoms with Crippen LogP contribution < -0.4 is 10.4 Å². The van der Waals surface area contributed by atoms with Crippen LogP contribution in [-0.2, 0) is 9.08 Å². The molecular weight excluding hydrogens is 511 g/mol. The highest BCUT2D eigenvalue weighted by molar-refractivity contribution is 6.99. The van der Waals surface area contributed by atoms with Crippen LogP contribution in [0.15, 0.2) is 114 Å². The second kappa shape index (κ2) is 13.0. The van der Waals surface area contributed by atoms with E-state index in [2.05, 4.69) is 95.0 Å². The van der Waals surface area contributed by atoms with E-state index in [1.54, 1.807) is 12.1 Å². The Hall–Kier alpha value is -3.16. The fourth-order valence-corrected chi connectivity index (χ4v) is 10.1. The number of phenolic OH excluding ortho intramolecular Hbond substituents is 1. The van der Waals surface area contributed by atoms with Gasteiger partial charge in [0, 0.05) is 6.32 Å². The van der Waals surface area contributed by atoms with E-state index in [9.17, 15) is 10.1 Å². The smallest absolute Gasteiger partial charge is 0.458 e. The Morgan fingerprint density at radius 2 is 1.57 bits per heavy atom. The molecule has 6 heteroatoms. The molecule has 3 aromatic carbocycles. The zero-order chi connectivity index (χ0) is 28.8. The van der Waals surface area contributed by atoms with E-state index < -0.39 is 15.4 Å². The van der Waals surface area contributed by atoms with Gasteiger partial charge in [-0.15, -0.1) is 0 Å². The molecule has 0 amide bonds. The second-order valence-electron chi connectivity index (χ2n) is 11.7. The van der Waals surface area contributed by atoms with Gasteiger partial charge in [-0.1, -0.05) is 118 Å². The van der Waals surface area contributed by atoms with Crippen LogP contribution in [0.4, 0.5) is 0 Å². The van der Waals surface area contributed by atoms with Gasteiger partial charge < -0.3 is 19.2 Å². The molecule has 2 N–H and O–H groups in total. The summed E-state index contributed by atoms with van der Waals surface area (Å²) in [5, 5.41) is 22.2. The molecule has 0 fully saturated rings. The third-order valence-corrected chi connectivity index (χ3v) is 12.6. The van der Waals surface area contributed by atoms with Crippen LogP contribution in [0.1, 0.15) is 46.1 Å². The standard InChI is InChI=1S/C34H41BO4Si/c1-26(24-28-17-19-29(36)20-18-28)16-21-33-32(22-23-35(37)39-33)27(2)25-38-40(34(3,4)5,30-12-8-6-9-13-30)31-14-10-7-11-15-31/h6-15,17-20,22,24,33,36-37H,2,16,21,23,25H2,1,3-5H3/b26-24+. The summed E-state index contributed by atoms with van der Waals surface area (Å²) >= 11 is 0. The number of allylic oxidation sites excluding steroid dienone is 2. The van der Waals surface area contributed by atoms with Crippen molar-refractivity contribution >= 4 is 31.9 Å². The lowest BCUT2D eigenvalue weighted by atomic mass is 9.78. The number of rotatable bonds is 10. The van der Waals surface area contributed by atoms with Gasteiger partial charge in [-0.05, 0) is 64.0 Å². The van der Waals surface area contributed by atoms with Gasteiger partial charge in [0.2, 0.25) is 0 Å². The number of benzene rings is 3. The molecule has 208 valence electrons. The van der Waals surface area contributed by atoms with E-state index in [1.165, 1.54) is 15.9 Å². The van der Waals surface area contributed by atoms with Crippen LogP contribution >= 0.6 is 0 Å². The zero-order valence-electron chi connectivity index (χ0n) is 24.1. The molecule has 0 spiro atoms. The third-order valence-electron chi connectivity index (χ3n) is 7.60. The molecule has 1 unspecified atom stereocenters. The molecule has 1 aliphatic heterocycles. The highest BCUT2D eigenvalue weighted by Gasteiger charge is 2.50. The van der Waals surface area contributed by atoms with Crippen LogP contribution in [-0.4, -0.2) is 38.3 Å². The van der Waals surface area contributed by atoms with Crippen molar-refractivity contribution in [2.45, 2.75) is 58.0 Å². The van der Waals surface area contributed by atoms with Crippen molar-refractivity contribution in [3.63, 3.8) is 0 Å². The molecule has 40 heavy (non-hydrogen) atoms. The van der Waals surface area contributed by atoms with Crippen molar-refractivity contribution in [1.82, 2.24) is 0 Å². The molecule has 1 atom stereocenters. The molecule has 0 bridgehead atoms. The minimum atomic E-state index is -2.70. The van der Waals surface area contributed by atoms with Gasteiger partial charge in [-0.3, -0.25) is 0 Å². The second-order valence-corrected chi connectivity index (χ2v) is 16.0. The number of hydrogen-bond acceptors (Lipinski definition) is 4. The van der Waals surface area contributed by atoms with Crippen molar-refractivity contribution in [2.24, 2.45) is 0 Å². The highest BCUT2D eigenvalue weighted by atomic mass is 28.4. The largest absolute Gasteiger partial charge is 0.508 e. The molecule has 1 heterocycles. The van der Waals surface area contributed by atoms with Gasteiger partial charge >= 0.3 is 7.12 Å². The average Bonchev–Trinajstić information content (AvgIpc) is 2.94. The Morgan fingerprint density at radius 3 is 2.12 bits per heavy atom. The lowest BCUT2D eigenvalue weighted by Crippen LogP contribution is -2.66. The Balaban J connectivity index is 1.55. The van der Waals surface area contributed by atoms with Gasteiger partial charge in [0.05, 0.1) is 12.7 Å². The van der Waals surface area contributed by atoms with Crippen molar-refractivity contribution in [3.8, 4) is 5.75 Å². The lowest BCUT2D eigenvalue weighted by molar-refractivity contribution is 0.181. The quantitative estimate of drug-likeness (QED) is 0.282. The minimum absolute atomic E-state index is 0.126. The lowest BCUT2D eigenvalue weighted by Gasteiger charge is -2.43. The molecule has 0 saturated carbocycles. The normalized spacial score (nSPS) is 16.5. The fourth-order valence-electron chi connectivity index (χ4n) is 5.60. The summed E-state index contributed by atoms with van der Waals surface area (Å²) in [6.07, 6.45) is 5.88. The topological polar surface area (TPSA) is 58.9 Å². The van der Waals surface area contributed by atoms with Crippen molar-refractivity contribution < 1.29 is 19.2 Å². The SMILES string of the molecule is C=C(CO[Si](c1ccccc1)(c1ccccc1)C(C)(C)C)C1=CCB(O)OC1CC/C(C)=C/c1ccc(O)cc1. The van der Waals surface area contributed by atoms with Gasteiger partial charge in [0.25, 0.3) is 8.32 Å². The maximum Gasteiger partial charge on any atom is 0.458 e. The molecule has 4 rings (SSSR count). The first-order valence-electron chi connectivity index (χ1n) is 14.0. The molecule has 1 aliphatic rings. The van der Waals surface area contributed by atoms with E-state index in [0.717, 1.165) is 29.6 Å². The van der Waals surface area contributed by atoms with Crippen molar-refractivity contribution in [2.75, 3.05) is 6.61 Å². The first kappa shape index (κ1) is 29.8. The van der Waals surface area contributed by atoms with Gasteiger partial charge in [0.15, 0.2) is 0 Å². The maximum atomic E-state index is 10.3. The summed E-state index contributed by atoms with van der Waals surface area (Å²) in [5.74, 6) is 0.257. The Morgan fingerprint density at radius 1 is 1.00 bits per heavy atom. The van der Waals surface area contributed by atoms with Crippen molar-refractivity contribution in [1.29, 1.82) is 0 Å². The van der Waals surface area contributed by atoms with E-state index in [-0.39, 0.29) is 16.9 Å². The number of aromatic hydroxyl groups is 1. The maximum absolute atomic E-state index is 10.3. The molecule has 0 aliphatic carbocycles. The van der Waals surface area contributed by atoms with Crippen molar-refractivity contribution in [3.05, 3.63) is 120 Å². The monoisotopic (exact) mass is 552 g/mol. The molecule has 0 aromatic heterocycles. The Bertz CT molecular complexity index is 1290. The first-order valence-corrected chi connectivity index (χ1v) is 15.9. The minimum Gasteiger partial charge on any atom is -0.508 e. The Labute approximate surface area is 241 Å². The number of hydrogen-bond donors (Lipinski definition) is 2. The molecule has 0 radical (unpaired) electrons. The van der Waals surface area contributed by atoms with Crippen LogP contribution in [0.25, 0.3) is 6.08 Å².